The van der Waals surface area contributed by atoms with Gasteiger partial charge in [-0.2, -0.15) is 0 Å². The van der Waals surface area contributed by atoms with Gasteiger partial charge in [-0.05, 0) is 13.0 Å². The Kier molecular flexibility index (Phi) is 3.45. The first-order valence-corrected chi connectivity index (χ1v) is 4.52. The number of amides is 1. The fourth-order valence-corrected chi connectivity index (χ4v) is 1.30. The van der Waals surface area contributed by atoms with Crippen molar-refractivity contribution in [1.29, 1.82) is 0 Å². The van der Waals surface area contributed by atoms with Crippen LogP contribution in [-0.4, -0.2) is 16.5 Å². The van der Waals surface area contributed by atoms with E-state index in [0.29, 0.717) is 6.54 Å². The zero-order chi connectivity index (χ0) is 10.6. The van der Waals surface area contributed by atoms with Gasteiger partial charge in [-0.25, -0.2) is 0 Å². The first kappa shape index (κ1) is 10.5. The monoisotopic (exact) mass is 194 g/mol. The molecule has 1 heterocycles. The minimum Gasteiger partial charge on any atom is -0.352 e. The van der Waals surface area contributed by atoms with E-state index in [-0.39, 0.29) is 17.5 Å². The third-order valence-electron chi connectivity index (χ3n) is 1.82. The Balaban J connectivity index is 2.65. The highest BCUT2D eigenvalue weighted by molar-refractivity contribution is 5.73. The highest BCUT2D eigenvalue weighted by Crippen LogP contribution is 1.88. The van der Waals surface area contributed by atoms with Gasteiger partial charge in [0.25, 0.3) is 5.56 Å². The molecule has 0 saturated heterocycles. The predicted molar refractivity (Wildman–Crippen MR) is 54.0 cm³/mol. The second kappa shape index (κ2) is 4.60. The van der Waals surface area contributed by atoms with Crippen molar-refractivity contribution >= 4 is 5.91 Å². The normalized spacial score (nSPS) is 12.1. The van der Waals surface area contributed by atoms with Gasteiger partial charge in [0.2, 0.25) is 5.91 Å². The number of pyridine rings is 1. The molecule has 0 fully saturated rings. The average molecular weight is 194 g/mol. The molecule has 1 N–H and O–H groups in total. The quantitative estimate of drug-likeness (QED) is 0.756. The van der Waals surface area contributed by atoms with E-state index in [1.54, 1.807) is 22.9 Å². The van der Waals surface area contributed by atoms with E-state index >= 15 is 0 Å². The Hall–Kier alpha value is -1.58. The molecular weight excluding hydrogens is 180 g/mol. The Morgan fingerprint density at radius 2 is 2.29 bits per heavy atom. The molecule has 0 radical (unpaired) electrons. The van der Waals surface area contributed by atoms with Gasteiger partial charge in [0.1, 0.15) is 0 Å². The molecule has 0 saturated carbocycles. The highest BCUT2D eigenvalue weighted by atomic mass is 16.1. The molecule has 0 aromatic carbocycles. The molecule has 76 valence electrons. The lowest BCUT2D eigenvalue weighted by atomic mass is 10.3. The summed E-state index contributed by atoms with van der Waals surface area (Å²) in [5, 5.41) is 2.72. The van der Waals surface area contributed by atoms with Gasteiger partial charge in [0.15, 0.2) is 0 Å². The number of carbonyl (C=O) groups excluding carboxylic acids is 1. The van der Waals surface area contributed by atoms with Crippen LogP contribution < -0.4 is 10.9 Å². The van der Waals surface area contributed by atoms with Gasteiger partial charge in [0.05, 0.1) is 0 Å². The van der Waals surface area contributed by atoms with Crippen LogP contribution in [0.1, 0.15) is 13.8 Å². The molecule has 1 aromatic heterocycles. The second-order valence-electron chi connectivity index (χ2n) is 3.29. The summed E-state index contributed by atoms with van der Waals surface area (Å²) in [5.41, 5.74) is -0.0512. The number of aromatic nitrogens is 1. The molecule has 0 aliphatic heterocycles. The van der Waals surface area contributed by atoms with Gasteiger partial charge >= 0.3 is 0 Å². The number of nitrogens with zero attached hydrogens (tertiary/aromatic N) is 1. The Labute approximate surface area is 82.6 Å². The molecular formula is C10H14N2O2. The fraction of sp³-hybridized carbons (Fsp3) is 0.400. The molecule has 14 heavy (non-hydrogen) atoms. The maximum Gasteiger partial charge on any atom is 0.250 e. The zero-order valence-corrected chi connectivity index (χ0v) is 8.36. The van der Waals surface area contributed by atoms with Crippen molar-refractivity contribution in [1.82, 2.24) is 9.88 Å². The van der Waals surface area contributed by atoms with E-state index in [9.17, 15) is 9.59 Å². The number of hydrogen-bond donors (Lipinski definition) is 1. The van der Waals surface area contributed by atoms with Crippen LogP contribution in [0, 0.1) is 0 Å². The minimum absolute atomic E-state index is 0.0346. The molecule has 1 rings (SSSR count). The van der Waals surface area contributed by atoms with Gasteiger partial charge in [-0.3, -0.25) is 9.59 Å². The maximum atomic E-state index is 11.3. The zero-order valence-electron chi connectivity index (χ0n) is 8.36. The standard InChI is InChI=1S/C10H14N2O2/c1-8(11-9(2)13)7-12-6-4-3-5-10(12)14/h3-6,8H,7H2,1-2H3,(H,11,13)/t8-/m0/s1. The van der Waals surface area contributed by atoms with Crippen LogP contribution in [0.2, 0.25) is 0 Å². The van der Waals surface area contributed by atoms with Gasteiger partial charge in [-0.1, -0.05) is 6.07 Å². The molecule has 1 aromatic rings. The first-order chi connectivity index (χ1) is 6.59. The lowest BCUT2D eigenvalue weighted by Crippen LogP contribution is -2.36. The van der Waals surface area contributed by atoms with Gasteiger partial charge in [0, 0.05) is 31.8 Å². The summed E-state index contributed by atoms with van der Waals surface area (Å²) in [6.07, 6.45) is 1.71. The van der Waals surface area contributed by atoms with Crippen LogP contribution in [0.3, 0.4) is 0 Å². The minimum atomic E-state index is -0.0820. The van der Waals surface area contributed by atoms with Crippen LogP contribution >= 0.6 is 0 Å². The Morgan fingerprint density at radius 1 is 1.57 bits per heavy atom. The van der Waals surface area contributed by atoms with E-state index in [4.69, 9.17) is 0 Å². The third kappa shape index (κ3) is 3.05. The lowest BCUT2D eigenvalue weighted by Gasteiger charge is -2.13. The molecule has 0 spiro atoms. The maximum absolute atomic E-state index is 11.3. The average Bonchev–Trinajstić information content (AvgIpc) is 2.07. The highest BCUT2D eigenvalue weighted by Gasteiger charge is 2.04. The summed E-state index contributed by atoms with van der Waals surface area (Å²) in [6, 6.07) is 4.96. The fourth-order valence-electron chi connectivity index (χ4n) is 1.30. The van der Waals surface area contributed by atoms with Gasteiger partial charge < -0.3 is 9.88 Å². The summed E-state index contributed by atoms with van der Waals surface area (Å²) in [5.74, 6) is -0.0820. The SMILES string of the molecule is CC(=O)N[C@@H](C)Cn1ccccc1=O. The number of carbonyl (C=O) groups is 1. The molecule has 0 aliphatic carbocycles. The predicted octanol–water partition coefficient (Wildman–Crippen LogP) is 0.373. The summed E-state index contributed by atoms with van der Waals surface area (Å²) in [7, 11) is 0. The topological polar surface area (TPSA) is 51.1 Å². The van der Waals surface area contributed by atoms with Crippen LogP contribution in [0.5, 0.6) is 0 Å². The van der Waals surface area contributed by atoms with Crippen LogP contribution in [0.15, 0.2) is 29.2 Å². The van der Waals surface area contributed by atoms with Crippen molar-refractivity contribution in [2.45, 2.75) is 26.4 Å². The molecule has 1 amide bonds. The molecule has 1 atom stereocenters. The molecule has 0 bridgehead atoms. The van der Waals surface area contributed by atoms with E-state index in [1.807, 2.05) is 6.92 Å². The largest absolute Gasteiger partial charge is 0.352 e. The van der Waals surface area contributed by atoms with Crippen molar-refractivity contribution in [3.05, 3.63) is 34.7 Å². The summed E-state index contributed by atoms with van der Waals surface area (Å²) < 4.78 is 1.57. The van der Waals surface area contributed by atoms with Crippen LogP contribution in [-0.2, 0) is 11.3 Å². The molecule has 0 aliphatic rings. The number of rotatable bonds is 3. The third-order valence-corrected chi connectivity index (χ3v) is 1.82. The number of nitrogens with one attached hydrogen (secondary N) is 1. The van der Waals surface area contributed by atoms with Crippen LogP contribution in [0.25, 0.3) is 0 Å². The molecule has 0 unspecified atom stereocenters. The summed E-state index contributed by atoms with van der Waals surface area (Å²) in [6.45, 7) is 3.82. The van der Waals surface area contributed by atoms with Gasteiger partial charge in [-0.15, -0.1) is 0 Å². The molecule has 4 nitrogen and oxygen atoms in total. The summed E-state index contributed by atoms with van der Waals surface area (Å²) >= 11 is 0. The van der Waals surface area contributed by atoms with E-state index in [1.165, 1.54) is 13.0 Å². The summed E-state index contributed by atoms with van der Waals surface area (Å²) in [4.78, 5) is 22.0. The van der Waals surface area contributed by atoms with E-state index in [2.05, 4.69) is 5.32 Å². The number of hydrogen-bond acceptors (Lipinski definition) is 2. The van der Waals surface area contributed by atoms with E-state index < -0.39 is 0 Å². The van der Waals surface area contributed by atoms with Crippen LogP contribution in [0.4, 0.5) is 0 Å². The lowest BCUT2D eigenvalue weighted by molar-refractivity contribution is -0.119. The Morgan fingerprint density at radius 3 is 2.86 bits per heavy atom. The molecule has 4 heteroatoms. The van der Waals surface area contributed by atoms with Crippen molar-refractivity contribution in [2.24, 2.45) is 0 Å². The Bertz CT molecular complexity index is 370. The van der Waals surface area contributed by atoms with Crippen molar-refractivity contribution < 1.29 is 4.79 Å². The van der Waals surface area contributed by atoms with Crippen molar-refractivity contribution in [3.63, 3.8) is 0 Å². The van der Waals surface area contributed by atoms with Crippen molar-refractivity contribution in [3.8, 4) is 0 Å². The smallest absolute Gasteiger partial charge is 0.250 e. The second-order valence-corrected chi connectivity index (χ2v) is 3.29. The van der Waals surface area contributed by atoms with E-state index in [0.717, 1.165) is 0 Å². The van der Waals surface area contributed by atoms with Crippen molar-refractivity contribution in [2.75, 3.05) is 0 Å². The first-order valence-electron chi connectivity index (χ1n) is 4.52.